The summed E-state index contributed by atoms with van der Waals surface area (Å²) < 4.78 is 13.6. The molecule has 0 bridgehead atoms. The molecule has 1 aromatic carbocycles. The highest BCUT2D eigenvalue weighted by atomic mass is 35.5. The number of aromatic nitrogens is 1. The Morgan fingerprint density at radius 1 is 1.47 bits per heavy atom. The van der Waals surface area contributed by atoms with Gasteiger partial charge in [0, 0.05) is 16.3 Å². The van der Waals surface area contributed by atoms with Gasteiger partial charge in [-0.3, -0.25) is 0 Å². The first-order valence-corrected chi connectivity index (χ1v) is 6.47. The van der Waals surface area contributed by atoms with Crippen molar-refractivity contribution in [2.24, 2.45) is 0 Å². The largest absolute Gasteiger partial charge is 0.375 e. The number of nitrogens with two attached hydrogens (primary N) is 1. The minimum absolute atomic E-state index is 0.247. The van der Waals surface area contributed by atoms with Gasteiger partial charge in [0.2, 0.25) is 0 Å². The van der Waals surface area contributed by atoms with E-state index in [0.717, 1.165) is 17.0 Å². The zero-order valence-corrected chi connectivity index (χ0v) is 10.9. The Morgan fingerprint density at radius 2 is 2.24 bits per heavy atom. The third-order valence-corrected chi connectivity index (χ3v) is 3.65. The fraction of sp³-hybridized carbons (Fsp3) is 0.250. The highest BCUT2D eigenvalue weighted by Crippen LogP contribution is 2.26. The predicted molar refractivity (Wildman–Crippen MR) is 70.1 cm³/mol. The van der Waals surface area contributed by atoms with Gasteiger partial charge in [-0.15, -0.1) is 11.3 Å². The summed E-state index contributed by atoms with van der Waals surface area (Å²) in [5.41, 5.74) is 7.18. The van der Waals surface area contributed by atoms with Crippen LogP contribution in [0.1, 0.15) is 23.1 Å². The lowest BCUT2D eigenvalue weighted by molar-refractivity contribution is 0.614. The average molecular weight is 271 g/mol. The van der Waals surface area contributed by atoms with Gasteiger partial charge < -0.3 is 5.73 Å². The van der Waals surface area contributed by atoms with Crippen LogP contribution in [0.3, 0.4) is 0 Å². The number of benzene rings is 1. The van der Waals surface area contributed by atoms with Crippen LogP contribution in [0.5, 0.6) is 0 Å². The van der Waals surface area contributed by atoms with E-state index in [4.69, 9.17) is 17.3 Å². The second-order valence-electron chi connectivity index (χ2n) is 3.69. The number of nitrogens with zero attached hydrogens (tertiary/aromatic N) is 1. The molecule has 17 heavy (non-hydrogen) atoms. The van der Waals surface area contributed by atoms with Crippen LogP contribution in [0.4, 0.5) is 9.52 Å². The van der Waals surface area contributed by atoms with Crippen LogP contribution in [0.15, 0.2) is 18.2 Å². The van der Waals surface area contributed by atoms with Crippen molar-refractivity contribution >= 4 is 28.1 Å². The van der Waals surface area contributed by atoms with Gasteiger partial charge in [-0.25, -0.2) is 9.37 Å². The highest BCUT2D eigenvalue weighted by Gasteiger charge is 2.11. The quantitative estimate of drug-likeness (QED) is 0.924. The number of aryl methyl sites for hydroxylation is 1. The molecule has 0 spiro atoms. The Balaban J connectivity index is 2.33. The highest BCUT2D eigenvalue weighted by molar-refractivity contribution is 7.15. The lowest BCUT2D eigenvalue weighted by atomic mass is 10.1. The van der Waals surface area contributed by atoms with Crippen LogP contribution in [0.2, 0.25) is 5.02 Å². The van der Waals surface area contributed by atoms with E-state index in [-0.39, 0.29) is 5.82 Å². The van der Waals surface area contributed by atoms with E-state index in [2.05, 4.69) is 4.98 Å². The summed E-state index contributed by atoms with van der Waals surface area (Å²) in [5, 5.41) is 1.07. The van der Waals surface area contributed by atoms with Crippen LogP contribution in [-0.2, 0) is 12.8 Å². The molecular formula is C12H12ClFN2S. The predicted octanol–water partition coefficient (Wildman–Crippen LogP) is 3.67. The molecule has 5 heteroatoms. The fourth-order valence-electron chi connectivity index (χ4n) is 1.67. The monoisotopic (exact) mass is 270 g/mol. The smallest absolute Gasteiger partial charge is 0.180 e. The molecule has 0 aliphatic carbocycles. The molecule has 0 saturated carbocycles. The number of hydrogen-bond donors (Lipinski definition) is 1. The lowest BCUT2D eigenvalue weighted by Crippen LogP contribution is -1.94. The van der Waals surface area contributed by atoms with Gasteiger partial charge in [0.05, 0.1) is 5.69 Å². The molecule has 2 aromatic rings. The summed E-state index contributed by atoms with van der Waals surface area (Å²) >= 11 is 7.26. The standard InChI is InChI=1S/C12H12ClFN2S/c1-2-10-11(17-12(15)16-10)6-7-5-8(13)3-4-9(7)14/h3-5H,2,6H2,1H3,(H2,15,16). The normalized spacial score (nSPS) is 10.8. The Labute approximate surface area is 108 Å². The third-order valence-electron chi connectivity index (χ3n) is 2.49. The number of hydrogen-bond acceptors (Lipinski definition) is 3. The molecule has 0 fully saturated rings. The summed E-state index contributed by atoms with van der Waals surface area (Å²) in [7, 11) is 0. The van der Waals surface area contributed by atoms with Gasteiger partial charge in [0.25, 0.3) is 0 Å². The summed E-state index contributed by atoms with van der Waals surface area (Å²) in [6.45, 7) is 2.01. The van der Waals surface area contributed by atoms with E-state index >= 15 is 0 Å². The van der Waals surface area contributed by atoms with E-state index in [9.17, 15) is 4.39 Å². The van der Waals surface area contributed by atoms with Crippen LogP contribution in [0.25, 0.3) is 0 Å². The van der Waals surface area contributed by atoms with Crippen LogP contribution in [-0.4, -0.2) is 4.98 Å². The molecule has 0 saturated heterocycles. The Bertz CT molecular complexity index is 539. The molecule has 0 aliphatic heterocycles. The second kappa shape index (κ2) is 5.02. The number of nitrogen functional groups attached to an aromatic ring is 1. The molecule has 0 radical (unpaired) electrons. The summed E-state index contributed by atoms with van der Waals surface area (Å²) in [4.78, 5) is 5.22. The SMILES string of the molecule is CCc1nc(N)sc1Cc1cc(Cl)ccc1F. The number of halogens is 2. The molecule has 2 N–H and O–H groups in total. The van der Waals surface area contributed by atoms with E-state index < -0.39 is 0 Å². The van der Waals surface area contributed by atoms with Gasteiger partial charge in [0.1, 0.15) is 5.82 Å². The number of rotatable bonds is 3. The third kappa shape index (κ3) is 2.76. The van der Waals surface area contributed by atoms with Crippen molar-refractivity contribution in [2.45, 2.75) is 19.8 Å². The fourth-order valence-corrected chi connectivity index (χ4v) is 2.81. The molecule has 2 rings (SSSR count). The van der Waals surface area contributed by atoms with Crippen LogP contribution < -0.4 is 5.73 Å². The van der Waals surface area contributed by atoms with Crippen molar-refractivity contribution in [3.05, 3.63) is 45.2 Å². The van der Waals surface area contributed by atoms with Gasteiger partial charge in [-0.2, -0.15) is 0 Å². The Morgan fingerprint density at radius 3 is 2.94 bits per heavy atom. The first-order chi connectivity index (χ1) is 8.10. The average Bonchev–Trinajstić information content (AvgIpc) is 2.64. The van der Waals surface area contributed by atoms with E-state index in [1.54, 1.807) is 12.1 Å². The zero-order chi connectivity index (χ0) is 12.4. The van der Waals surface area contributed by atoms with Crippen molar-refractivity contribution in [1.29, 1.82) is 0 Å². The molecule has 1 heterocycles. The van der Waals surface area contributed by atoms with E-state index in [1.165, 1.54) is 17.4 Å². The number of anilines is 1. The molecule has 2 nitrogen and oxygen atoms in total. The number of thiazole rings is 1. The molecular weight excluding hydrogens is 259 g/mol. The van der Waals surface area contributed by atoms with Crippen molar-refractivity contribution in [1.82, 2.24) is 4.98 Å². The van der Waals surface area contributed by atoms with Gasteiger partial charge in [-0.05, 0) is 30.2 Å². The first-order valence-electron chi connectivity index (χ1n) is 5.28. The van der Waals surface area contributed by atoms with Crippen molar-refractivity contribution in [3.8, 4) is 0 Å². The van der Waals surface area contributed by atoms with E-state index in [1.807, 2.05) is 6.92 Å². The maximum atomic E-state index is 13.6. The topological polar surface area (TPSA) is 38.9 Å². The molecule has 1 aromatic heterocycles. The maximum absolute atomic E-state index is 13.6. The minimum atomic E-state index is -0.247. The van der Waals surface area contributed by atoms with Gasteiger partial charge in [0.15, 0.2) is 5.13 Å². The van der Waals surface area contributed by atoms with Crippen molar-refractivity contribution in [2.75, 3.05) is 5.73 Å². The Kier molecular flexibility index (Phi) is 3.64. The van der Waals surface area contributed by atoms with Crippen LogP contribution >= 0.6 is 22.9 Å². The maximum Gasteiger partial charge on any atom is 0.180 e. The molecule has 0 amide bonds. The molecule has 90 valence electrons. The second-order valence-corrected chi connectivity index (χ2v) is 5.24. The first kappa shape index (κ1) is 12.3. The lowest BCUT2D eigenvalue weighted by Gasteiger charge is -2.03. The van der Waals surface area contributed by atoms with E-state index in [0.29, 0.717) is 22.1 Å². The van der Waals surface area contributed by atoms with Crippen molar-refractivity contribution in [3.63, 3.8) is 0 Å². The van der Waals surface area contributed by atoms with Crippen molar-refractivity contribution < 1.29 is 4.39 Å². The van der Waals surface area contributed by atoms with Gasteiger partial charge >= 0.3 is 0 Å². The molecule has 0 aliphatic rings. The van der Waals surface area contributed by atoms with Gasteiger partial charge in [-0.1, -0.05) is 18.5 Å². The zero-order valence-electron chi connectivity index (χ0n) is 9.34. The molecule has 0 unspecified atom stereocenters. The Hall–Kier alpha value is -1.13. The minimum Gasteiger partial charge on any atom is -0.375 e. The summed E-state index contributed by atoms with van der Waals surface area (Å²) in [5.74, 6) is -0.247. The summed E-state index contributed by atoms with van der Waals surface area (Å²) in [6.07, 6.45) is 1.29. The molecule has 0 atom stereocenters. The van der Waals surface area contributed by atoms with Crippen LogP contribution in [0, 0.1) is 5.82 Å². The summed E-state index contributed by atoms with van der Waals surface area (Å²) in [6, 6.07) is 4.57.